The van der Waals surface area contributed by atoms with Crippen molar-refractivity contribution >= 4 is 22.5 Å². The van der Waals surface area contributed by atoms with Gasteiger partial charge in [0.15, 0.2) is 0 Å². The SMILES string of the molecule is Cc1ccc(CNC=O)cc1F.N#CC1CN(S(=O)(=O)N2CCC[C@H](C(=O)N3CCCC3)C2)C1.[HH]. The smallest absolute Gasteiger partial charge is 0.282 e. The molecule has 188 valence electrons. The van der Waals surface area contributed by atoms with Gasteiger partial charge in [-0.1, -0.05) is 12.1 Å². The topological polar surface area (TPSA) is 114 Å². The van der Waals surface area contributed by atoms with Crippen LogP contribution in [0.2, 0.25) is 0 Å². The summed E-state index contributed by atoms with van der Waals surface area (Å²) in [6, 6.07) is 6.99. The van der Waals surface area contributed by atoms with Gasteiger partial charge in [-0.25, -0.2) is 4.39 Å². The van der Waals surface area contributed by atoms with E-state index < -0.39 is 10.2 Å². The second-order valence-corrected chi connectivity index (χ2v) is 10.9. The van der Waals surface area contributed by atoms with E-state index in [9.17, 15) is 22.4 Å². The molecule has 1 N–H and O–H groups in total. The Morgan fingerprint density at radius 2 is 1.91 bits per heavy atom. The Kier molecular flexibility index (Phi) is 8.99. The van der Waals surface area contributed by atoms with Gasteiger partial charge in [-0.2, -0.15) is 22.3 Å². The maximum atomic E-state index is 12.9. The Hall–Kier alpha value is -2.55. The number of hydrogen-bond acceptors (Lipinski definition) is 5. The van der Waals surface area contributed by atoms with Gasteiger partial charge in [-0.15, -0.1) is 0 Å². The van der Waals surface area contributed by atoms with Crippen LogP contribution in [0, 0.1) is 35.9 Å². The fourth-order valence-corrected chi connectivity index (χ4v) is 6.12. The van der Waals surface area contributed by atoms with Crippen molar-refractivity contribution in [3.8, 4) is 6.07 Å². The van der Waals surface area contributed by atoms with Crippen LogP contribution in [0.15, 0.2) is 18.2 Å². The van der Waals surface area contributed by atoms with Gasteiger partial charge in [0.2, 0.25) is 12.3 Å². The lowest BCUT2D eigenvalue weighted by Crippen LogP contribution is -2.57. The van der Waals surface area contributed by atoms with Crippen molar-refractivity contribution in [2.24, 2.45) is 11.8 Å². The van der Waals surface area contributed by atoms with Crippen molar-refractivity contribution in [1.82, 2.24) is 18.8 Å². The second kappa shape index (κ2) is 11.7. The molecule has 0 unspecified atom stereocenters. The molecule has 2 amide bonds. The molecule has 0 bridgehead atoms. The number of benzene rings is 1. The van der Waals surface area contributed by atoms with Gasteiger partial charge >= 0.3 is 0 Å². The van der Waals surface area contributed by atoms with Crippen molar-refractivity contribution in [3.05, 3.63) is 35.1 Å². The lowest BCUT2D eigenvalue weighted by Gasteiger charge is -2.40. The summed E-state index contributed by atoms with van der Waals surface area (Å²) in [4.78, 5) is 24.3. The zero-order chi connectivity index (χ0) is 24.7. The molecule has 3 aliphatic heterocycles. The van der Waals surface area contributed by atoms with Crippen LogP contribution in [-0.4, -0.2) is 73.5 Å². The molecular weight excluding hydrogens is 461 g/mol. The highest BCUT2D eigenvalue weighted by molar-refractivity contribution is 7.86. The average Bonchev–Trinajstić information content (AvgIpc) is 3.34. The summed E-state index contributed by atoms with van der Waals surface area (Å²) in [5.41, 5.74) is 1.38. The minimum absolute atomic E-state index is 0. The molecule has 34 heavy (non-hydrogen) atoms. The minimum atomic E-state index is -3.51. The van der Waals surface area contributed by atoms with E-state index in [1.54, 1.807) is 19.1 Å². The van der Waals surface area contributed by atoms with E-state index in [0.29, 0.717) is 25.1 Å². The predicted molar refractivity (Wildman–Crippen MR) is 126 cm³/mol. The highest BCUT2D eigenvalue weighted by Gasteiger charge is 2.42. The molecule has 0 aliphatic carbocycles. The molecule has 0 aromatic heterocycles. The van der Waals surface area contributed by atoms with Crippen LogP contribution in [0.1, 0.15) is 38.2 Å². The van der Waals surface area contributed by atoms with Gasteiger partial charge in [0.05, 0.1) is 17.9 Å². The van der Waals surface area contributed by atoms with Gasteiger partial charge in [0.25, 0.3) is 10.2 Å². The van der Waals surface area contributed by atoms with Crippen molar-refractivity contribution in [2.45, 2.75) is 39.2 Å². The van der Waals surface area contributed by atoms with E-state index in [0.717, 1.165) is 44.3 Å². The van der Waals surface area contributed by atoms with Crippen LogP contribution in [0.3, 0.4) is 0 Å². The molecule has 3 aliphatic rings. The third-order valence-corrected chi connectivity index (χ3v) is 8.39. The third kappa shape index (κ3) is 6.31. The highest BCUT2D eigenvalue weighted by Crippen LogP contribution is 2.27. The second-order valence-electron chi connectivity index (χ2n) is 8.96. The van der Waals surface area contributed by atoms with Crippen molar-refractivity contribution in [1.29, 1.82) is 5.26 Å². The van der Waals surface area contributed by atoms with Crippen LogP contribution < -0.4 is 5.32 Å². The summed E-state index contributed by atoms with van der Waals surface area (Å²) in [5, 5.41) is 11.2. The Morgan fingerprint density at radius 3 is 2.53 bits per heavy atom. The van der Waals surface area contributed by atoms with Crippen LogP contribution in [0.25, 0.3) is 0 Å². The molecule has 0 radical (unpaired) electrons. The number of nitrogens with zero attached hydrogens (tertiary/aromatic N) is 4. The maximum Gasteiger partial charge on any atom is 0.282 e. The first-order valence-electron chi connectivity index (χ1n) is 11.6. The number of piperidine rings is 1. The number of halogens is 1. The van der Waals surface area contributed by atoms with Crippen molar-refractivity contribution in [2.75, 3.05) is 39.3 Å². The monoisotopic (exact) mass is 495 g/mol. The first-order valence-corrected chi connectivity index (χ1v) is 13.0. The van der Waals surface area contributed by atoms with E-state index in [2.05, 4.69) is 11.4 Å². The molecule has 11 heteroatoms. The fourth-order valence-electron chi connectivity index (χ4n) is 4.33. The summed E-state index contributed by atoms with van der Waals surface area (Å²) in [7, 11) is -3.51. The summed E-state index contributed by atoms with van der Waals surface area (Å²) >= 11 is 0. The molecule has 0 saturated carbocycles. The Labute approximate surface area is 202 Å². The van der Waals surface area contributed by atoms with Gasteiger partial charge in [-0.3, -0.25) is 9.59 Å². The quantitative estimate of drug-likeness (QED) is 0.603. The first kappa shape index (κ1) is 26.1. The van der Waals surface area contributed by atoms with Crippen LogP contribution in [0.4, 0.5) is 4.39 Å². The molecule has 1 aromatic rings. The average molecular weight is 496 g/mol. The summed E-state index contributed by atoms with van der Waals surface area (Å²) in [6.07, 6.45) is 4.17. The number of nitrogens with one attached hydrogen (secondary N) is 1. The van der Waals surface area contributed by atoms with Gasteiger partial charge < -0.3 is 10.2 Å². The molecular formula is C23H34FN5O4S. The van der Waals surface area contributed by atoms with Gasteiger partial charge in [-0.05, 0) is 49.8 Å². The number of aryl methyl sites for hydroxylation is 1. The lowest BCUT2D eigenvalue weighted by atomic mass is 9.98. The normalized spacial score (nSPS) is 21.7. The van der Waals surface area contributed by atoms with E-state index in [4.69, 9.17) is 5.26 Å². The number of rotatable bonds is 6. The largest absolute Gasteiger partial charge is 0.355 e. The lowest BCUT2D eigenvalue weighted by molar-refractivity contribution is -0.135. The van der Waals surface area contributed by atoms with E-state index in [-0.39, 0.29) is 44.6 Å². The Bertz CT molecular complexity index is 1020. The standard InChI is InChI=1S/C14H22N4O3S.C9H10FNO.H2/c15-8-12-9-18(10-12)22(20,21)17-7-3-4-13(11-17)14(19)16-5-1-2-6-16;1-7-2-3-8(4-9(7)10)5-11-6-12;/h12-13H,1-7,9-11H2;2-4,6H,5H2,1H3,(H,11,12);1H/t13-;;/m0../s1. The molecule has 9 nitrogen and oxygen atoms in total. The molecule has 3 fully saturated rings. The summed E-state index contributed by atoms with van der Waals surface area (Å²) in [6.45, 7) is 4.99. The molecule has 1 aromatic carbocycles. The molecule has 1 atom stereocenters. The number of nitriles is 1. The van der Waals surface area contributed by atoms with E-state index in [1.165, 1.54) is 14.7 Å². The van der Waals surface area contributed by atoms with Gasteiger partial charge in [0, 0.05) is 47.2 Å². The van der Waals surface area contributed by atoms with Gasteiger partial charge in [0.1, 0.15) is 5.82 Å². The van der Waals surface area contributed by atoms with Crippen LogP contribution in [0.5, 0.6) is 0 Å². The maximum absolute atomic E-state index is 12.9. The number of hydrogen-bond donors (Lipinski definition) is 1. The number of carbonyl (C=O) groups is 2. The molecule has 3 heterocycles. The minimum Gasteiger partial charge on any atom is -0.355 e. The number of amides is 2. The van der Waals surface area contributed by atoms with E-state index in [1.807, 2.05) is 4.90 Å². The first-order chi connectivity index (χ1) is 16.3. The van der Waals surface area contributed by atoms with Crippen LogP contribution in [-0.2, 0) is 26.3 Å². The zero-order valence-corrected chi connectivity index (χ0v) is 20.3. The molecule has 3 saturated heterocycles. The molecule has 4 rings (SSSR count). The van der Waals surface area contributed by atoms with E-state index >= 15 is 0 Å². The van der Waals surface area contributed by atoms with Crippen molar-refractivity contribution < 1.29 is 23.8 Å². The Morgan fingerprint density at radius 1 is 1.21 bits per heavy atom. The number of likely N-dealkylation sites (tertiary alicyclic amines) is 1. The highest BCUT2D eigenvalue weighted by atomic mass is 32.2. The summed E-state index contributed by atoms with van der Waals surface area (Å²) in [5.74, 6) is -0.535. The fraction of sp³-hybridized carbons (Fsp3) is 0.609. The predicted octanol–water partition coefficient (Wildman–Crippen LogP) is 1.65. The van der Waals surface area contributed by atoms with Crippen LogP contribution >= 0.6 is 0 Å². The Balaban J connectivity index is 0.000000284. The molecule has 0 spiro atoms. The summed E-state index contributed by atoms with van der Waals surface area (Å²) < 4.78 is 40.7. The number of carbonyl (C=O) groups excluding carboxylic acids is 2. The third-order valence-electron chi connectivity index (χ3n) is 6.46. The van der Waals surface area contributed by atoms with Crippen molar-refractivity contribution in [3.63, 3.8) is 0 Å². The zero-order valence-electron chi connectivity index (χ0n) is 19.5.